The zero-order valence-electron chi connectivity index (χ0n) is 26.8. The lowest BCUT2D eigenvalue weighted by atomic mass is 9.52. The highest BCUT2D eigenvalue weighted by atomic mass is 19.4. The molecule has 0 aliphatic heterocycles. The first kappa shape index (κ1) is 36.5. The lowest BCUT2D eigenvalue weighted by Crippen LogP contribution is -2.57. The summed E-state index contributed by atoms with van der Waals surface area (Å²) < 4.78 is 90.4. The van der Waals surface area contributed by atoms with Crippen LogP contribution in [0.1, 0.15) is 107 Å². The Balaban J connectivity index is 1.17. The van der Waals surface area contributed by atoms with Gasteiger partial charge in [-0.15, -0.1) is 0 Å². The van der Waals surface area contributed by atoms with Crippen LogP contribution in [0.5, 0.6) is 5.75 Å². The molecule has 2 fully saturated rings. The molecule has 46 heavy (non-hydrogen) atoms. The molecule has 0 aromatic heterocycles. The SMILES string of the molecule is C=C1[C@H](O)C[C@H]2[C@@H]3[C@H](CCCCCCCCCCC(=O)N(C)CC(F)(F)C(F)(F)C(F)(F)F)Cc4cc(O)ccc4[C@H]3CC[C@]12C. The minimum Gasteiger partial charge on any atom is -0.508 e. The first-order valence-electron chi connectivity index (χ1n) is 16.7. The van der Waals surface area contributed by atoms with E-state index in [0.717, 1.165) is 83.2 Å². The predicted molar refractivity (Wildman–Crippen MR) is 162 cm³/mol. The molecule has 2 N–H and O–H groups in total. The van der Waals surface area contributed by atoms with Gasteiger partial charge in [-0.05, 0) is 96.4 Å². The number of phenols is 1. The first-order chi connectivity index (χ1) is 21.4. The van der Waals surface area contributed by atoms with E-state index in [1.807, 2.05) is 6.07 Å². The van der Waals surface area contributed by atoms with Crippen LogP contribution in [-0.4, -0.2) is 58.7 Å². The largest absolute Gasteiger partial charge is 0.508 e. The van der Waals surface area contributed by atoms with Crippen molar-refractivity contribution in [2.45, 2.75) is 127 Å². The van der Waals surface area contributed by atoms with Gasteiger partial charge in [-0.25, -0.2) is 0 Å². The number of nitrogens with zero attached hydrogens (tertiary/aromatic N) is 1. The molecule has 1 aromatic rings. The maximum Gasteiger partial charge on any atom is 0.459 e. The monoisotopic (exact) mass is 663 g/mol. The number of carbonyl (C=O) groups is 1. The average Bonchev–Trinajstić information content (AvgIpc) is 3.20. The predicted octanol–water partition coefficient (Wildman–Crippen LogP) is 9.19. The van der Waals surface area contributed by atoms with Gasteiger partial charge in [-0.2, -0.15) is 30.7 Å². The molecular formula is C35H48F7NO3. The number of aliphatic hydroxyl groups excluding tert-OH is 1. The summed E-state index contributed by atoms with van der Waals surface area (Å²) in [4.78, 5) is 12.3. The van der Waals surface area contributed by atoms with E-state index >= 15 is 0 Å². The topological polar surface area (TPSA) is 60.8 Å². The average molecular weight is 664 g/mol. The Bertz CT molecular complexity index is 1240. The first-order valence-corrected chi connectivity index (χ1v) is 16.7. The standard InChI is InChI=1S/C35H48F7NO3/c1-22-29(45)20-28-31-23(18-24-19-25(44)14-15-26(24)27(31)16-17-32(22,28)2)12-10-8-6-4-5-7-9-11-13-30(46)43(3)21-33(36,37)34(38,39)35(40,41)42/h14-15,19,23,27-29,31,44-45H,1,4-13,16-18,20-21H2,2-3H3/t23-,27-,28+,29-,31-,32-/m1/s1. The molecule has 0 bridgehead atoms. The third kappa shape index (κ3) is 7.39. The number of amides is 1. The van der Waals surface area contributed by atoms with Crippen LogP contribution in [0.3, 0.4) is 0 Å². The third-order valence-corrected chi connectivity index (χ3v) is 11.3. The number of hydrogen-bond donors (Lipinski definition) is 2. The van der Waals surface area contributed by atoms with Gasteiger partial charge in [0, 0.05) is 13.5 Å². The summed E-state index contributed by atoms with van der Waals surface area (Å²) in [7, 11) is 0.805. The highest BCUT2D eigenvalue weighted by Gasteiger charge is 2.73. The number of phenolic OH excluding ortho intramolecular Hbond substituents is 1. The number of rotatable bonds is 14. The highest BCUT2D eigenvalue weighted by Crippen LogP contribution is 2.64. The summed E-state index contributed by atoms with van der Waals surface area (Å²) in [5.41, 5.74) is 3.53. The Morgan fingerprint density at radius 2 is 1.61 bits per heavy atom. The molecule has 2 saturated carbocycles. The van der Waals surface area contributed by atoms with E-state index in [9.17, 15) is 45.7 Å². The van der Waals surface area contributed by atoms with Crippen LogP contribution in [0.15, 0.2) is 30.4 Å². The molecule has 4 nitrogen and oxygen atoms in total. The van der Waals surface area contributed by atoms with Crippen LogP contribution < -0.4 is 0 Å². The second-order valence-corrected chi connectivity index (χ2v) is 14.3. The van der Waals surface area contributed by atoms with Gasteiger partial charge in [-0.1, -0.05) is 64.5 Å². The molecule has 0 unspecified atom stereocenters. The second kappa shape index (κ2) is 14.0. The maximum atomic E-state index is 13.6. The van der Waals surface area contributed by atoms with E-state index in [2.05, 4.69) is 19.6 Å². The van der Waals surface area contributed by atoms with E-state index in [1.165, 1.54) is 11.1 Å². The summed E-state index contributed by atoms with van der Waals surface area (Å²) in [5, 5.41) is 20.9. The lowest BCUT2D eigenvalue weighted by molar-refractivity contribution is -0.355. The minimum absolute atomic E-state index is 0.0415. The number of carbonyl (C=O) groups excluding carboxylic acids is 1. The molecule has 0 saturated heterocycles. The Hall–Kier alpha value is -2.30. The number of aliphatic hydroxyl groups is 1. The van der Waals surface area contributed by atoms with Crippen molar-refractivity contribution in [1.29, 1.82) is 0 Å². The van der Waals surface area contributed by atoms with E-state index < -0.39 is 36.6 Å². The van der Waals surface area contributed by atoms with Gasteiger partial charge < -0.3 is 15.1 Å². The Kier molecular flexibility index (Phi) is 11.2. The molecule has 1 aromatic carbocycles. The molecular weight excluding hydrogens is 615 g/mol. The number of hydrogen-bond acceptors (Lipinski definition) is 3. The molecule has 4 rings (SSSR count). The van der Waals surface area contributed by atoms with Crippen molar-refractivity contribution in [2.75, 3.05) is 13.6 Å². The van der Waals surface area contributed by atoms with Crippen LogP contribution in [0.2, 0.25) is 0 Å². The van der Waals surface area contributed by atoms with E-state index in [4.69, 9.17) is 0 Å². The number of fused-ring (bicyclic) bond motifs is 5. The number of aromatic hydroxyl groups is 1. The Labute approximate surface area is 267 Å². The zero-order chi connectivity index (χ0) is 34.1. The molecule has 3 aliphatic carbocycles. The summed E-state index contributed by atoms with van der Waals surface area (Å²) in [6.45, 7) is 4.56. The maximum absolute atomic E-state index is 13.6. The van der Waals surface area contributed by atoms with Crippen molar-refractivity contribution >= 4 is 5.91 Å². The van der Waals surface area contributed by atoms with Gasteiger partial charge in [0.1, 0.15) is 5.75 Å². The van der Waals surface area contributed by atoms with Gasteiger partial charge >= 0.3 is 18.0 Å². The molecule has 260 valence electrons. The Morgan fingerprint density at radius 3 is 2.24 bits per heavy atom. The molecule has 0 radical (unpaired) electrons. The zero-order valence-corrected chi connectivity index (χ0v) is 26.8. The lowest BCUT2D eigenvalue weighted by Gasteiger charge is -2.52. The molecule has 0 spiro atoms. The van der Waals surface area contributed by atoms with Gasteiger partial charge in [0.05, 0.1) is 12.6 Å². The second-order valence-electron chi connectivity index (χ2n) is 14.3. The number of benzene rings is 1. The van der Waals surface area contributed by atoms with Crippen molar-refractivity contribution in [3.05, 3.63) is 41.5 Å². The number of halogens is 7. The van der Waals surface area contributed by atoms with Gasteiger partial charge in [0.25, 0.3) is 0 Å². The molecule has 0 heterocycles. The van der Waals surface area contributed by atoms with Crippen LogP contribution >= 0.6 is 0 Å². The fourth-order valence-corrected chi connectivity index (χ4v) is 8.61. The fraction of sp³-hybridized carbons (Fsp3) is 0.743. The number of alkyl halides is 7. The normalized spacial score (nSPS) is 28.0. The summed E-state index contributed by atoms with van der Waals surface area (Å²) in [6, 6.07) is 5.80. The summed E-state index contributed by atoms with van der Waals surface area (Å²) in [5.74, 6) is -10.5. The van der Waals surface area contributed by atoms with Crippen molar-refractivity contribution in [3.63, 3.8) is 0 Å². The van der Waals surface area contributed by atoms with E-state index in [1.54, 1.807) is 6.07 Å². The fourth-order valence-electron chi connectivity index (χ4n) is 8.61. The van der Waals surface area contributed by atoms with E-state index in [0.29, 0.717) is 42.3 Å². The minimum atomic E-state index is -6.41. The van der Waals surface area contributed by atoms with Crippen LogP contribution in [-0.2, 0) is 11.2 Å². The van der Waals surface area contributed by atoms with Crippen LogP contribution in [0.25, 0.3) is 0 Å². The molecule has 3 aliphatic rings. The van der Waals surface area contributed by atoms with Crippen molar-refractivity contribution in [2.24, 2.45) is 23.2 Å². The molecule has 6 atom stereocenters. The smallest absolute Gasteiger partial charge is 0.459 e. The van der Waals surface area contributed by atoms with Crippen molar-refractivity contribution in [3.8, 4) is 5.75 Å². The quantitative estimate of drug-likeness (QED) is 0.119. The number of unbranched alkanes of at least 4 members (excludes halogenated alkanes) is 7. The van der Waals surface area contributed by atoms with Crippen LogP contribution in [0.4, 0.5) is 30.7 Å². The summed E-state index contributed by atoms with van der Waals surface area (Å²) in [6.07, 6.45) is 4.66. The Morgan fingerprint density at radius 1 is 1.00 bits per heavy atom. The molecule has 11 heteroatoms. The highest BCUT2D eigenvalue weighted by molar-refractivity contribution is 5.75. The van der Waals surface area contributed by atoms with Gasteiger partial charge in [-0.3, -0.25) is 4.79 Å². The van der Waals surface area contributed by atoms with Crippen molar-refractivity contribution in [1.82, 2.24) is 4.90 Å². The van der Waals surface area contributed by atoms with Crippen molar-refractivity contribution < 1.29 is 45.7 Å². The van der Waals surface area contributed by atoms with Crippen LogP contribution in [0, 0.1) is 23.2 Å². The molecule has 1 amide bonds. The van der Waals surface area contributed by atoms with Gasteiger partial charge in [0.2, 0.25) is 5.91 Å². The summed E-state index contributed by atoms with van der Waals surface area (Å²) >= 11 is 0. The third-order valence-electron chi connectivity index (χ3n) is 11.3. The van der Waals surface area contributed by atoms with Gasteiger partial charge in [0.15, 0.2) is 0 Å². The van der Waals surface area contributed by atoms with E-state index in [-0.39, 0.29) is 16.7 Å².